The lowest BCUT2D eigenvalue weighted by Crippen LogP contribution is -2.17. The highest BCUT2D eigenvalue weighted by Crippen LogP contribution is 2.38. The van der Waals surface area contributed by atoms with Crippen LogP contribution in [0.25, 0.3) is 0 Å². The standard InChI is InChI=1S/C27H30Cl2N4O4S2/c1-4-13-33-24(16(2)37-20-12-11-17(28)14-19(20)29)31-32-27(33)38-15-22(34)30-25-23(26(35)36-3)18-9-7-5-6-8-10-21(18)39-25/h4,11-12,14,16H,1,5-10,13,15H2,2-3H3,(H,30,34). The van der Waals surface area contributed by atoms with E-state index in [0.29, 0.717) is 43.9 Å². The lowest BCUT2D eigenvalue weighted by Gasteiger charge is -2.16. The summed E-state index contributed by atoms with van der Waals surface area (Å²) < 4.78 is 12.9. The van der Waals surface area contributed by atoms with Crippen molar-refractivity contribution >= 4 is 63.2 Å². The first-order chi connectivity index (χ1) is 18.8. The Kier molecular flexibility index (Phi) is 10.3. The number of amides is 1. The monoisotopic (exact) mass is 608 g/mol. The van der Waals surface area contributed by atoms with E-state index < -0.39 is 12.1 Å². The molecule has 0 radical (unpaired) electrons. The van der Waals surface area contributed by atoms with Gasteiger partial charge in [-0.3, -0.25) is 9.36 Å². The first-order valence-electron chi connectivity index (χ1n) is 12.6. The topological polar surface area (TPSA) is 95.3 Å². The van der Waals surface area contributed by atoms with Gasteiger partial charge < -0.3 is 14.8 Å². The number of benzene rings is 1. The molecule has 1 amide bonds. The van der Waals surface area contributed by atoms with E-state index in [0.717, 1.165) is 42.5 Å². The second-order valence-electron chi connectivity index (χ2n) is 9.03. The zero-order valence-corrected chi connectivity index (χ0v) is 24.9. The van der Waals surface area contributed by atoms with E-state index in [1.165, 1.54) is 36.6 Å². The van der Waals surface area contributed by atoms with Crippen LogP contribution < -0.4 is 10.1 Å². The number of carbonyl (C=O) groups excluding carboxylic acids is 2. The Morgan fingerprint density at radius 3 is 2.72 bits per heavy atom. The molecule has 0 saturated carbocycles. The van der Waals surface area contributed by atoms with Gasteiger partial charge >= 0.3 is 5.97 Å². The molecule has 208 valence electrons. The SMILES string of the molecule is C=CCn1c(SCC(=O)Nc2sc3c(c2C(=O)OC)CCCCCC3)nnc1C(C)Oc1ccc(Cl)cc1Cl. The van der Waals surface area contributed by atoms with E-state index in [9.17, 15) is 9.59 Å². The van der Waals surface area contributed by atoms with Crippen molar-refractivity contribution in [3.63, 3.8) is 0 Å². The Bertz CT molecular complexity index is 1360. The molecular formula is C27H30Cl2N4O4S2. The van der Waals surface area contributed by atoms with Gasteiger partial charge in [-0.25, -0.2) is 4.79 Å². The molecule has 39 heavy (non-hydrogen) atoms. The summed E-state index contributed by atoms with van der Waals surface area (Å²) in [7, 11) is 1.37. The average Bonchev–Trinajstić information content (AvgIpc) is 3.44. The van der Waals surface area contributed by atoms with Crippen LogP contribution >= 0.6 is 46.3 Å². The molecule has 0 fully saturated rings. The van der Waals surface area contributed by atoms with Crippen molar-refractivity contribution in [1.29, 1.82) is 0 Å². The number of halogens is 2. The fourth-order valence-corrected chi connectivity index (χ4v) is 6.94. The second-order valence-corrected chi connectivity index (χ2v) is 11.9. The van der Waals surface area contributed by atoms with E-state index in [1.807, 2.05) is 11.5 Å². The number of esters is 1. The number of thioether (sulfide) groups is 1. The minimum atomic E-state index is -0.479. The zero-order valence-electron chi connectivity index (χ0n) is 21.8. The first kappa shape index (κ1) is 29.5. The van der Waals surface area contributed by atoms with E-state index in [1.54, 1.807) is 24.3 Å². The lowest BCUT2D eigenvalue weighted by molar-refractivity contribution is -0.113. The molecule has 1 aliphatic carbocycles. The van der Waals surface area contributed by atoms with Gasteiger partial charge in [0.25, 0.3) is 0 Å². The van der Waals surface area contributed by atoms with Crippen molar-refractivity contribution in [2.24, 2.45) is 0 Å². The van der Waals surface area contributed by atoms with Crippen molar-refractivity contribution in [3.8, 4) is 5.75 Å². The van der Waals surface area contributed by atoms with Crippen LogP contribution in [-0.4, -0.2) is 39.5 Å². The van der Waals surface area contributed by atoms with Crippen molar-refractivity contribution < 1.29 is 19.1 Å². The zero-order chi connectivity index (χ0) is 27.9. The van der Waals surface area contributed by atoms with Gasteiger partial charge in [0.2, 0.25) is 5.91 Å². The molecule has 1 aromatic carbocycles. The molecule has 1 unspecified atom stereocenters. The predicted octanol–water partition coefficient (Wildman–Crippen LogP) is 7.15. The molecule has 0 spiro atoms. The third-order valence-corrected chi connectivity index (χ3v) is 8.97. The number of ether oxygens (including phenoxy) is 2. The number of fused-ring (bicyclic) bond motifs is 1. The minimum Gasteiger partial charge on any atom is -0.481 e. The predicted molar refractivity (Wildman–Crippen MR) is 157 cm³/mol. The van der Waals surface area contributed by atoms with Crippen LogP contribution in [0.4, 0.5) is 5.00 Å². The van der Waals surface area contributed by atoms with Crippen LogP contribution in [0.15, 0.2) is 36.0 Å². The summed E-state index contributed by atoms with van der Waals surface area (Å²) in [5.74, 6) is 0.459. The van der Waals surface area contributed by atoms with Crippen molar-refractivity contribution in [2.45, 2.75) is 63.3 Å². The average molecular weight is 610 g/mol. The van der Waals surface area contributed by atoms with Gasteiger partial charge in [0.05, 0.1) is 23.4 Å². The molecule has 12 heteroatoms. The summed E-state index contributed by atoms with van der Waals surface area (Å²) in [5.41, 5.74) is 1.50. The summed E-state index contributed by atoms with van der Waals surface area (Å²) in [6.07, 6.45) is 7.37. The highest BCUT2D eigenvalue weighted by molar-refractivity contribution is 7.99. The van der Waals surface area contributed by atoms with Gasteiger partial charge in [0, 0.05) is 16.4 Å². The highest BCUT2D eigenvalue weighted by atomic mass is 35.5. The third-order valence-electron chi connectivity index (χ3n) is 6.26. The summed E-state index contributed by atoms with van der Waals surface area (Å²) >= 11 is 15.0. The summed E-state index contributed by atoms with van der Waals surface area (Å²) in [4.78, 5) is 26.8. The van der Waals surface area contributed by atoms with Crippen molar-refractivity contribution in [3.05, 3.63) is 62.7 Å². The van der Waals surface area contributed by atoms with Gasteiger partial charge in [-0.2, -0.15) is 0 Å². The quantitative estimate of drug-likeness (QED) is 0.148. The van der Waals surface area contributed by atoms with Gasteiger partial charge in [0.15, 0.2) is 17.1 Å². The van der Waals surface area contributed by atoms with Gasteiger partial charge in [0.1, 0.15) is 10.8 Å². The first-order valence-corrected chi connectivity index (χ1v) is 15.2. The Morgan fingerprint density at radius 1 is 1.23 bits per heavy atom. The van der Waals surface area contributed by atoms with Crippen LogP contribution in [0.1, 0.15) is 65.3 Å². The Labute approximate surface area is 246 Å². The van der Waals surface area contributed by atoms with E-state index >= 15 is 0 Å². The number of hydrogen-bond donors (Lipinski definition) is 1. The van der Waals surface area contributed by atoms with E-state index in [-0.39, 0.29) is 11.7 Å². The Hall–Kier alpha value is -2.53. The maximum atomic E-state index is 13.0. The van der Waals surface area contributed by atoms with Crippen LogP contribution in [0.5, 0.6) is 5.75 Å². The normalized spacial score (nSPS) is 14.1. The molecule has 0 bridgehead atoms. The number of aromatic nitrogens is 3. The second kappa shape index (κ2) is 13.7. The molecule has 3 aromatic rings. The molecule has 0 saturated heterocycles. The maximum Gasteiger partial charge on any atom is 0.341 e. The Balaban J connectivity index is 1.47. The van der Waals surface area contributed by atoms with Crippen LogP contribution in [0, 0.1) is 0 Å². The fourth-order valence-electron chi connectivity index (χ4n) is 4.44. The number of rotatable bonds is 10. The Morgan fingerprint density at radius 2 is 2.00 bits per heavy atom. The van der Waals surface area contributed by atoms with Crippen LogP contribution in [0.3, 0.4) is 0 Å². The number of nitrogens with one attached hydrogen (secondary N) is 1. The molecule has 4 rings (SSSR count). The van der Waals surface area contributed by atoms with E-state index in [4.69, 9.17) is 32.7 Å². The number of thiophene rings is 1. The molecule has 1 N–H and O–H groups in total. The minimum absolute atomic E-state index is 0.0801. The number of aryl methyl sites for hydroxylation is 1. The summed E-state index contributed by atoms with van der Waals surface area (Å²) in [5, 5.41) is 13.5. The number of carbonyl (C=O) groups is 2. The maximum absolute atomic E-state index is 13.0. The number of methoxy groups -OCH3 is 1. The number of anilines is 1. The number of allylic oxidation sites excluding steroid dienone is 1. The van der Waals surface area contributed by atoms with Crippen LogP contribution in [-0.2, 0) is 28.9 Å². The smallest absolute Gasteiger partial charge is 0.341 e. The molecule has 2 aromatic heterocycles. The largest absolute Gasteiger partial charge is 0.481 e. The van der Waals surface area contributed by atoms with E-state index in [2.05, 4.69) is 22.1 Å². The third kappa shape index (κ3) is 7.16. The molecular weight excluding hydrogens is 579 g/mol. The van der Waals surface area contributed by atoms with Crippen molar-refractivity contribution in [1.82, 2.24) is 14.8 Å². The lowest BCUT2D eigenvalue weighted by atomic mass is 9.96. The summed E-state index contributed by atoms with van der Waals surface area (Å²) in [6, 6.07) is 5.00. The molecule has 2 heterocycles. The fraction of sp³-hybridized carbons (Fsp3) is 0.407. The molecule has 1 atom stereocenters. The molecule has 1 aliphatic rings. The summed E-state index contributed by atoms with van der Waals surface area (Å²) in [6.45, 7) is 6.10. The number of nitrogens with zero attached hydrogens (tertiary/aromatic N) is 3. The molecule has 8 nitrogen and oxygen atoms in total. The van der Waals surface area contributed by atoms with Gasteiger partial charge in [-0.05, 0) is 56.4 Å². The molecule has 0 aliphatic heterocycles. The number of hydrogen-bond acceptors (Lipinski definition) is 8. The van der Waals surface area contributed by atoms with Gasteiger partial charge in [-0.15, -0.1) is 28.1 Å². The van der Waals surface area contributed by atoms with Crippen LogP contribution in [0.2, 0.25) is 10.0 Å². The highest BCUT2D eigenvalue weighted by Gasteiger charge is 2.26. The van der Waals surface area contributed by atoms with Crippen molar-refractivity contribution in [2.75, 3.05) is 18.2 Å². The van der Waals surface area contributed by atoms with Gasteiger partial charge in [-0.1, -0.05) is 53.9 Å².